The van der Waals surface area contributed by atoms with E-state index in [1.165, 1.54) is 30.4 Å². The molecule has 0 radical (unpaired) electrons. The molecule has 0 saturated heterocycles. The van der Waals surface area contributed by atoms with Crippen molar-refractivity contribution in [3.05, 3.63) is 65.7 Å². The molecule has 1 fully saturated rings. The first-order valence-electron chi connectivity index (χ1n) is 8.28. The van der Waals surface area contributed by atoms with Crippen LogP contribution in [0.15, 0.2) is 54.6 Å². The average molecular weight is 332 g/mol. The van der Waals surface area contributed by atoms with Crippen molar-refractivity contribution in [3.8, 4) is 5.75 Å². The van der Waals surface area contributed by atoms with E-state index in [1.54, 1.807) is 0 Å². The van der Waals surface area contributed by atoms with E-state index < -0.39 is 0 Å². The summed E-state index contributed by atoms with van der Waals surface area (Å²) in [5.74, 6) is 1.63. The predicted molar refractivity (Wildman–Crippen MR) is 98.6 cm³/mol. The van der Waals surface area contributed by atoms with Crippen molar-refractivity contribution in [1.82, 2.24) is 5.32 Å². The Morgan fingerprint density at radius 3 is 2.35 bits per heavy atom. The molecule has 0 spiro atoms. The molecule has 2 aromatic rings. The second-order valence-electron chi connectivity index (χ2n) is 6.20. The molecule has 3 rings (SSSR count). The Bertz CT molecular complexity index is 570. The molecule has 0 aliphatic heterocycles. The Hall–Kier alpha value is -1.51. The minimum Gasteiger partial charge on any atom is -0.493 e. The Labute approximate surface area is 145 Å². The highest BCUT2D eigenvalue weighted by Gasteiger charge is 2.26. The van der Waals surface area contributed by atoms with E-state index in [1.807, 2.05) is 0 Å². The summed E-state index contributed by atoms with van der Waals surface area (Å²) in [5, 5.41) is 3.41. The number of nitrogens with one attached hydrogen (secondary N) is 1. The van der Waals surface area contributed by atoms with E-state index >= 15 is 0 Å². The summed E-state index contributed by atoms with van der Waals surface area (Å²) in [6.07, 6.45) is 4.85. The highest BCUT2D eigenvalue weighted by Crippen LogP contribution is 2.26. The molecule has 2 unspecified atom stereocenters. The van der Waals surface area contributed by atoms with Gasteiger partial charge in [-0.2, -0.15) is 0 Å². The molecule has 2 nitrogen and oxygen atoms in total. The standard InChI is InChI=1S/C20H25NO.ClH/c1-21-20-9-5-8-18(20)15-22-19-12-10-17(11-13-19)14-16-6-3-2-4-7-16;/h2-4,6-7,10-13,18,20-21H,5,8-9,14-15H2,1H3;1H. The monoisotopic (exact) mass is 331 g/mol. The molecule has 0 amide bonds. The zero-order valence-corrected chi connectivity index (χ0v) is 14.5. The van der Waals surface area contributed by atoms with Gasteiger partial charge < -0.3 is 10.1 Å². The van der Waals surface area contributed by atoms with Crippen molar-refractivity contribution in [1.29, 1.82) is 0 Å². The number of hydrogen-bond donors (Lipinski definition) is 1. The molecule has 0 heterocycles. The second-order valence-corrected chi connectivity index (χ2v) is 6.20. The lowest BCUT2D eigenvalue weighted by molar-refractivity contribution is 0.229. The lowest BCUT2D eigenvalue weighted by Crippen LogP contribution is -2.32. The van der Waals surface area contributed by atoms with Gasteiger partial charge >= 0.3 is 0 Å². The first kappa shape index (κ1) is 17.8. The van der Waals surface area contributed by atoms with Crippen LogP contribution in [-0.4, -0.2) is 19.7 Å². The molecule has 3 heteroatoms. The van der Waals surface area contributed by atoms with Gasteiger partial charge in [0.15, 0.2) is 0 Å². The van der Waals surface area contributed by atoms with Crippen LogP contribution in [0.3, 0.4) is 0 Å². The van der Waals surface area contributed by atoms with Gasteiger partial charge in [-0.1, -0.05) is 48.9 Å². The van der Waals surface area contributed by atoms with E-state index in [0.717, 1.165) is 18.8 Å². The van der Waals surface area contributed by atoms with Crippen molar-refractivity contribution < 1.29 is 4.74 Å². The van der Waals surface area contributed by atoms with E-state index in [2.05, 4.69) is 67.0 Å². The van der Waals surface area contributed by atoms with Crippen LogP contribution in [0.5, 0.6) is 5.75 Å². The van der Waals surface area contributed by atoms with Gasteiger partial charge in [-0.25, -0.2) is 0 Å². The SMILES string of the molecule is CNC1CCCC1COc1ccc(Cc2ccccc2)cc1.Cl. The van der Waals surface area contributed by atoms with E-state index in [-0.39, 0.29) is 12.4 Å². The summed E-state index contributed by atoms with van der Waals surface area (Å²) in [6, 6.07) is 19.7. The Morgan fingerprint density at radius 2 is 1.65 bits per heavy atom. The predicted octanol–water partition coefficient (Wildman–Crippen LogP) is 4.47. The third-order valence-electron chi connectivity index (χ3n) is 4.67. The zero-order valence-electron chi connectivity index (χ0n) is 13.7. The fourth-order valence-electron chi connectivity index (χ4n) is 3.35. The third kappa shape index (κ3) is 4.98. The number of ether oxygens (including phenoxy) is 1. The van der Waals surface area contributed by atoms with Crippen molar-refractivity contribution >= 4 is 12.4 Å². The first-order chi connectivity index (χ1) is 10.8. The summed E-state index contributed by atoms with van der Waals surface area (Å²) in [5.41, 5.74) is 2.67. The maximum absolute atomic E-state index is 5.99. The fourth-order valence-corrected chi connectivity index (χ4v) is 3.35. The summed E-state index contributed by atoms with van der Waals surface area (Å²) < 4.78 is 5.99. The van der Waals surface area contributed by atoms with Crippen molar-refractivity contribution in [3.63, 3.8) is 0 Å². The Kier molecular flexibility index (Phi) is 6.94. The molecular weight excluding hydrogens is 306 g/mol. The van der Waals surface area contributed by atoms with Gasteiger partial charge in [0.25, 0.3) is 0 Å². The van der Waals surface area contributed by atoms with Gasteiger partial charge in [0.1, 0.15) is 5.75 Å². The second kappa shape index (κ2) is 8.95. The average Bonchev–Trinajstić information content (AvgIpc) is 3.03. The molecular formula is C20H26ClNO. The van der Waals surface area contributed by atoms with Crippen LogP contribution in [0.25, 0.3) is 0 Å². The minimum absolute atomic E-state index is 0. The lowest BCUT2D eigenvalue weighted by Gasteiger charge is -2.19. The molecule has 2 aromatic carbocycles. The quantitative estimate of drug-likeness (QED) is 0.843. The molecule has 1 N–H and O–H groups in total. The largest absolute Gasteiger partial charge is 0.493 e. The molecule has 2 atom stereocenters. The third-order valence-corrected chi connectivity index (χ3v) is 4.67. The number of hydrogen-bond acceptors (Lipinski definition) is 2. The van der Waals surface area contributed by atoms with Crippen LogP contribution >= 0.6 is 12.4 Å². The van der Waals surface area contributed by atoms with Crippen LogP contribution in [0, 0.1) is 5.92 Å². The zero-order chi connectivity index (χ0) is 15.2. The normalized spacial score (nSPS) is 20.0. The molecule has 1 aliphatic rings. The van der Waals surface area contributed by atoms with Gasteiger partial charge in [-0.15, -0.1) is 12.4 Å². The minimum atomic E-state index is 0. The number of benzene rings is 2. The highest BCUT2D eigenvalue weighted by molar-refractivity contribution is 5.85. The van der Waals surface area contributed by atoms with Gasteiger partial charge in [0.2, 0.25) is 0 Å². The van der Waals surface area contributed by atoms with Crippen LogP contribution in [0.2, 0.25) is 0 Å². The van der Waals surface area contributed by atoms with Gasteiger partial charge in [0.05, 0.1) is 6.61 Å². The number of rotatable bonds is 6. The summed E-state index contributed by atoms with van der Waals surface area (Å²) in [7, 11) is 2.06. The van der Waals surface area contributed by atoms with E-state index in [9.17, 15) is 0 Å². The molecule has 0 bridgehead atoms. The maximum atomic E-state index is 5.99. The lowest BCUT2D eigenvalue weighted by atomic mass is 10.0. The van der Waals surface area contributed by atoms with Gasteiger partial charge in [0, 0.05) is 12.0 Å². The van der Waals surface area contributed by atoms with Gasteiger partial charge in [-0.05, 0) is 49.6 Å². The van der Waals surface area contributed by atoms with E-state index in [0.29, 0.717) is 12.0 Å². The fraction of sp³-hybridized carbons (Fsp3) is 0.400. The number of halogens is 1. The summed E-state index contributed by atoms with van der Waals surface area (Å²) in [6.45, 7) is 0.823. The van der Waals surface area contributed by atoms with Crippen molar-refractivity contribution in [2.45, 2.75) is 31.7 Å². The van der Waals surface area contributed by atoms with Crippen LogP contribution in [0.4, 0.5) is 0 Å². The molecule has 0 aromatic heterocycles. The highest BCUT2D eigenvalue weighted by atomic mass is 35.5. The maximum Gasteiger partial charge on any atom is 0.119 e. The van der Waals surface area contributed by atoms with Crippen LogP contribution in [0.1, 0.15) is 30.4 Å². The summed E-state index contributed by atoms with van der Waals surface area (Å²) in [4.78, 5) is 0. The van der Waals surface area contributed by atoms with Crippen LogP contribution in [-0.2, 0) is 6.42 Å². The smallest absolute Gasteiger partial charge is 0.119 e. The van der Waals surface area contributed by atoms with E-state index in [4.69, 9.17) is 4.74 Å². The topological polar surface area (TPSA) is 21.3 Å². The van der Waals surface area contributed by atoms with Crippen molar-refractivity contribution in [2.75, 3.05) is 13.7 Å². The molecule has 124 valence electrons. The summed E-state index contributed by atoms with van der Waals surface area (Å²) >= 11 is 0. The molecule has 1 saturated carbocycles. The van der Waals surface area contributed by atoms with Crippen LogP contribution < -0.4 is 10.1 Å². The molecule has 1 aliphatic carbocycles. The Balaban J connectivity index is 0.00000192. The van der Waals surface area contributed by atoms with Gasteiger partial charge in [-0.3, -0.25) is 0 Å². The first-order valence-corrected chi connectivity index (χ1v) is 8.28. The molecule has 23 heavy (non-hydrogen) atoms. The Morgan fingerprint density at radius 1 is 0.957 bits per heavy atom. The van der Waals surface area contributed by atoms with Crippen molar-refractivity contribution in [2.24, 2.45) is 5.92 Å².